The number of nitrogens with zero attached hydrogens (tertiary/aromatic N) is 4. The molecule has 4 rings (SSSR count). The maximum absolute atomic E-state index is 12.1. The molecule has 3 aromatic rings. The summed E-state index contributed by atoms with van der Waals surface area (Å²) in [7, 11) is 1.66. The van der Waals surface area contributed by atoms with Crippen LogP contribution in [0.5, 0.6) is 5.75 Å². The van der Waals surface area contributed by atoms with Crippen LogP contribution in [0.25, 0.3) is 0 Å². The van der Waals surface area contributed by atoms with Crippen molar-refractivity contribution in [3.63, 3.8) is 0 Å². The third-order valence-corrected chi connectivity index (χ3v) is 5.20. The Morgan fingerprint density at radius 2 is 2.04 bits per heavy atom. The van der Waals surface area contributed by atoms with Crippen molar-refractivity contribution in [2.45, 2.75) is 32.1 Å². The van der Waals surface area contributed by atoms with Gasteiger partial charge in [0.05, 0.1) is 19.7 Å². The van der Waals surface area contributed by atoms with Crippen molar-refractivity contribution in [1.29, 1.82) is 0 Å². The van der Waals surface area contributed by atoms with E-state index in [9.17, 15) is 4.79 Å². The van der Waals surface area contributed by atoms with Gasteiger partial charge in [-0.25, -0.2) is 9.67 Å². The molecular formula is C21H23N5O2. The van der Waals surface area contributed by atoms with Crippen LogP contribution in [0.15, 0.2) is 55.1 Å². The Balaban J connectivity index is 1.59. The summed E-state index contributed by atoms with van der Waals surface area (Å²) >= 11 is 0. The second kappa shape index (κ2) is 7.82. The fourth-order valence-electron chi connectivity index (χ4n) is 3.80. The van der Waals surface area contributed by atoms with Crippen molar-refractivity contribution in [1.82, 2.24) is 19.7 Å². The number of nitrogens with two attached hydrogens (primary N) is 1. The van der Waals surface area contributed by atoms with Crippen LogP contribution in [-0.2, 0) is 30.8 Å². The number of rotatable bonds is 6. The molecule has 0 saturated carbocycles. The Labute approximate surface area is 163 Å². The monoisotopic (exact) mass is 377 g/mol. The highest BCUT2D eigenvalue weighted by atomic mass is 16.5. The maximum Gasteiger partial charge on any atom is 0.235 e. The van der Waals surface area contributed by atoms with Gasteiger partial charge in [-0.2, -0.15) is 5.10 Å². The largest absolute Gasteiger partial charge is 0.496 e. The number of amides is 1. The molecule has 1 unspecified atom stereocenters. The van der Waals surface area contributed by atoms with Crippen LogP contribution in [0.4, 0.5) is 0 Å². The van der Waals surface area contributed by atoms with Gasteiger partial charge in [0.1, 0.15) is 18.4 Å². The summed E-state index contributed by atoms with van der Waals surface area (Å²) in [5, 5.41) is 4.17. The zero-order valence-corrected chi connectivity index (χ0v) is 15.8. The smallest absolute Gasteiger partial charge is 0.235 e. The third kappa shape index (κ3) is 3.75. The van der Waals surface area contributed by atoms with E-state index in [1.165, 1.54) is 17.5 Å². The molecule has 2 heterocycles. The minimum absolute atomic E-state index is 0.286. The van der Waals surface area contributed by atoms with Crippen LogP contribution in [0.2, 0.25) is 0 Å². The number of ether oxygens (including phenoxy) is 1. The van der Waals surface area contributed by atoms with E-state index < -0.39 is 0 Å². The molecule has 7 nitrogen and oxygen atoms in total. The van der Waals surface area contributed by atoms with E-state index in [0.717, 1.165) is 16.9 Å². The predicted octanol–water partition coefficient (Wildman–Crippen LogP) is 1.75. The number of primary amides is 1. The van der Waals surface area contributed by atoms with Crippen molar-refractivity contribution in [3.05, 3.63) is 77.4 Å². The van der Waals surface area contributed by atoms with Gasteiger partial charge in [0.25, 0.3) is 0 Å². The number of carbonyl (C=O) groups excluding carboxylic acids is 1. The lowest BCUT2D eigenvalue weighted by Crippen LogP contribution is -2.48. The number of carbonyl (C=O) groups is 1. The predicted molar refractivity (Wildman–Crippen MR) is 104 cm³/mol. The van der Waals surface area contributed by atoms with Gasteiger partial charge < -0.3 is 10.5 Å². The molecular weight excluding hydrogens is 354 g/mol. The molecule has 1 aliphatic rings. The third-order valence-electron chi connectivity index (χ3n) is 5.20. The van der Waals surface area contributed by atoms with Crippen molar-refractivity contribution in [3.8, 4) is 5.75 Å². The Hall–Kier alpha value is -3.19. The van der Waals surface area contributed by atoms with Gasteiger partial charge in [-0.15, -0.1) is 0 Å². The lowest BCUT2D eigenvalue weighted by atomic mass is 9.93. The van der Waals surface area contributed by atoms with Gasteiger partial charge in [0.15, 0.2) is 0 Å². The van der Waals surface area contributed by atoms with Gasteiger partial charge in [0.2, 0.25) is 5.91 Å². The molecule has 2 aromatic carbocycles. The molecule has 1 amide bonds. The van der Waals surface area contributed by atoms with Crippen molar-refractivity contribution in [2.24, 2.45) is 5.73 Å². The molecule has 1 aromatic heterocycles. The van der Waals surface area contributed by atoms with Crippen LogP contribution in [-0.4, -0.2) is 38.7 Å². The second-order valence-corrected chi connectivity index (χ2v) is 7.04. The highest BCUT2D eigenvalue weighted by molar-refractivity contribution is 5.80. The maximum atomic E-state index is 12.1. The average Bonchev–Trinajstić information content (AvgIpc) is 3.20. The summed E-state index contributed by atoms with van der Waals surface area (Å²) in [5.41, 5.74) is 10.3. The molecule has 0 fully saturated rings. The first-order valence-corrected chi connectivity index (χ1v) is 9.22. The fraction of sp³-hybridized carbons (Fsp3) is 0.286. The van der Waals surface area contributed by atoms with E-state index in [4.69, 9.17) is 10.5 Å². The molecule has 1 atom stereocenters. The molecule has 2 N–H and O–H groups in total. The SMILES string of the molecule is COc1ccc(CN2Cc3ccccc3CC2C(N)=O)cc1Cn1cncn1. The minimum Gasteiger partial charge on any atom is -0.496 e. The van der Waals surface area contributed by atoms with E-state index in [-0.39, 0.29) is 11.9 Å². The highest BCUT2D eigenvalue weighted by Gasteiger charge is 2.30. The number of hydrogen-bond donors (Lipinski definition) is 1. The summed E-state index contributed by atoms with van der Waals surface area (Å²) < 4.78 is 7.25. The number of hydrogen-bond acceptors (Lipinski definition) is 5. The Kier molecular flexibility index (Phi) is 5.08. The van der Waals surface area contributed by atoms with Gasteiger partial charge in [-0.1, -0.05) is 30.3 Å². The van der Waals surface area contributed by atoms with Crippen LogP contribution < -0.4 is 10.5 Å². The molecule has 0 aliphatic carbocycles. The number of fused-ring (bicyclic) bond motifs is 1. The molecule has 7 heteroatoms. The quantitative estimate of drug-likeness (QED) is 0.707. The van der Waals surface area contributed by atoms with Gasteiger partial charge in [0, 0.05) is 18.7 Å². The van der Waals surface area contributed by atoms with Gasteiger partial charge in [-0.05, 0) is 35.2 Å². The van der Waals surface area contributed by atoms with Gasteiger partial charge >= 0.3 is 0 Å². The van der Waals surface area contributed by atoms with E-state index in [2.05, 4.69) is 33.2 Å². The fourth-order valence-corrected chi connectivity index (χ4v) is 3.80. The number of aromatic nitrogens is 3. The van der Waals surface area contributed by atoms with Crippen LogP contribution in [0, 0.1) is 0 Å². The van der Waals surface area contributed by atoms with Crippen molar-refractivity contribution in [2.75, 3.05) is 7.11 Å². The average molecular weight is 377 g/mol. The van der Waals surface area contributed by atoms with E-state index >= 15 is 0 Å². The summed E-state index contributed by atoms with van der Waals surface area (Å²) in [6.45, 7) is 1.91. The minimum atomic E-state index is -0.309. The summed E-state index contributed by atoms with van der Waals surface area (Å²) in [6.07, 6.45) is 3.84. The molecule has 0 saturated heterocycles. The van der Waals surface area contributed by atoms with E-state index in [1.807, 2.05) is 24.3 Å². The number of benzene rings is 2. The first-order valence-electron chi connectivity index (χ1n) is 9.22. The summed E-state index contributed by atoms with van der Waals surface area (Å²) in [5.74, 6) is 0.514. The molecule has 0 spiro atoms. The molecule has 1 aliphatic heterocycles. The van der Waals surface area contributed by atoms with Crippen molar-refractivity contribution >= 4 is 5.91 Å². The van der Waals surface area contributed by atoms with E-state index in [1.54, 1.807) is 18.1 Å². The Bertz CT molecular complexity index is 971. The molecule has 28 heavy (non-hydrogen) atoms. The van der Waals surface area contributed by atoms with Crippen molar-refractivity contribution < 1.29 is 9.53 Å². The topological polar surface area (TPSA) is 86.3 Å². The summed E-state index contributed by atoms with van der Waals surface area (Å²) in [6, 6.07) is 14.0. The number of methoxy groups -OCH3 is 1. The normalized spacial score (nSPS) is 16.5. The Morgan fingerprint density at radius 3 is 2.75 bits per heavy atom. The van der Waals surface area contributed by atoms with E-state index in [0.29, 0.717) is 26.1 Å². The second-order valence-electron chi connectivity index (χ2n) is 7.04. The van der Waals surface area contributed by atoms with Crippen LogP contribution in [0.3, 0.4) is 0 Å². The van der Waals surface area contributed by atoms with Crippen LogP contribution in [0.1, 0.15) is 22.3 Å². The first kappa shape index (κ1) is 18.2. The first-order chi connectivity index (χ1) is 13.6. The highest BCUT2D eigenvalue weighted by Crippen LogP contribution is 2.27. The zero-order chi connectivity index (χ0) is 19.5. The molecule has 0 bridgehead atoms. The Morgan fingerprint density at radius 1 is 1.21 bits per heavy atom. The van der Waals surface area contributed by atoms with Gasteiger partial charge in [-0.3, -0.25) is 9.69 Å². The summed E-state index contributed by atoms with van der Waals surface area (Å²) in [4.78, 5) is 18.2. The standard InChI is InChI=1S/C21H23N5O2/c1-28-20-7-6-15(8-18(20)12-26-14-23-13-24-26)10-25-11-17-5-3-2-4-16(17)9-19(25)21(22)27/h2-8,13-14,19H,9-12H2,1H3,(H2,22,27). The zero-order valence-electron chi connectivity index (χ0n) is 15.8. The lowest BCUT2D eigenvalue weighted by Gasteiger charge is -2.35. The molecule has 144 valence electrons. The van der Waals surface area contributed by atoms with Crippen LogP contribution >= 0.6 is 0 Å². The lowest BCUT2D eigenvalue weighted by molar-refractivity contribution is -0.124. The molecule has 0 radical (unpaired) electrons.